The SMILES string of the molecule is Nc1cccc(C(=O)C[C@@]2(O)C(=O)N(Cc3ccccc3)c3ccc(Cl)cc32)c1. The molecule has 0 spiro atoms. The second kappa shape index (κ2) is 7.35. The van der Waals surface area contributed by atoms with Crippen LogP contribution < -0.4 is 10.6 Å². The number of benzene rings is 3. The van der Waals surface area contributed by atoms with Gasteiger partial charge in [-0.15, -0.1) is 0 Å². The number of nitrogens with two attached hydrogens (primary N) is 1. The summed E-state index contributed by atoms with van der Waals surface area (Å²) in [5.74, 6) is -0.920. The third-order valence-electron chi connectivity index (χ3n) is 5.10. The number of nitrogens with zero attached hydrogens (tertiary/aromatic N) is 1. The van der Waals surface area contributed by atoms with Crippen LogP contribution in [0.1, 0.15) is 27.9 Å². The fraction of sp³-hybridized carbons (Fsp3) is 0.130. The van der Waals surface area contributed by atoms with Crippen LogP contribution in [0.15, 0.2) is 72.8 Å². The van der Waals surface area contributed by atoms with Crippen molar-refractivity contribution in [1.82, 2.24) is 0 Å². The van der Waals surface area contributed by atoms with E-state index in [-0.39, 0.29) is 12.3 Å². The molecule has 3 aromatic carbocycles. The van der Waals surface area contributed by atoms with Crippen LogP contribution in [0.5, 0.6) is 0 Å². The molecule has 4 rings (SSSR count). The normalized spacial score (nSPS) is 18.0. The van der Waals surface area contributed by atoms with E-state index in [1.54, 1.807) is 36.4 Å². The summed E-state index contributed by atoms with van der Waals surface area (Å²) in [6.07, 6.45) is -0.395. The fourth-order valence-electron chi connectivity index (χ4n) is 3.66. The van der Waals surface area contributed by atoms with Crippen molar-refractivity contribution in [2.24, 2.45) is 0 Å². The summed E-state index contributed by atoms with van der Waals surface area (Å²) in [7, 11) is 0. The van der Waals surface area contributed by atoms with Gasteiger partial charge in [0.25, 0.3) is 5.91 Å². The van der Waals surface area contributed by atoms with Crippen LogP contribution in [-0.2, 0) is 16.9 Å². The lowest BCUT2D eigenvalue weighted by Gasteiger charge is -2.23. The molecule has 0 unspecified atom stereocenters. The predicted octanol–water partition coefficient (Wildman–Crippen LogP) is 3.93. The van der Waals surface area contributed by atoms with Crippen molar-refractivity contribution in [1.29, 1.82) is 0 Å². The molecule has 6 heteroatoms. The van der Waals surface area contributed by atoms with Crippen molar-refractivity contribution in [2.45, 2.75) is 18.6 Å². The van der Waals surface area contributed by atoms with Crippen LogP contribution in [0.4, 0.5) is 11.4 Å². The van der Waals surface area contributed by atoms with E-state index >= 15 is 0 Å². The van der Waals surface area contributed by atoms with Gasteiger partial charge in [-0.1, -0.05) is 54.1 Å². The predicted molar refractivity (Wildman–Crippen MR) is 113 cm³/mol. The number of carbonyl (C=O) groups is 2. The number of hydrogen-bond acceptors (Lipinski definition) is 4. The van der Waals surface area contributed by atoms with Crippen LogP contribution in [0.3, 0.4) is 0 Å². The molecule has 146 valence electrons. The van der Waals surface area contributed by atoms with Crippen molar-refractivity contribution in [2.75, 3.05) is 10.6 Å². The molecule has 0 radical (unpaired) electrons. The highest BCUT2D eigenvalue weighted by molar-refractivity contribution is 6.31. The van der Waals surface area contributed by atoms with E-state index in [1.165, 1.54) is 11.0 Å². The number of rotatable bonds is 5. The van der Waals surface area contributed by atoms with Crippen molar-refractivity contribution in [3.8, 4) is 0 Å². The minimum absolute atomic E-state index is 0.281. The largest absolute Gasteiger partial charge is 0.399 e. The van der Waals surface area contributed by atoms with E-state index < -0.39 is 17.9 Å². The van der Waals surface area contributed by atoms with Crippen LogP contribution in [0.2, 0.25) is 5.02 Å². The average molecular weight is 407 g/mol. The Morgan fingerprint density at radius 2 is 1.79 bits per heavy atom. The van der Waals surface area contributed by atoms with Crippen LogP contribution in [0, 0.1) is 0 Å². The van der Waals surface area contributed by atoms with Gasteiger partial charge in [-0.2, -0.15) is 0 Å². The van der Waals surface area contributed by atoms with Gasteiger partial charge in [0.1, 0.15) is 0 Å². The number of hydrogen-bond donors (Lipinski definition) is 2. The molecule has 3 aromatic rings. The Morgan fingerprint density at radius 3 is 2.52 bits per heavy atom. The molecule has 0 aliphatic carbocycles. The molecule has 1 atom stereocenters. The summed E-state index contributed by atoms with van der Waals surface area (Å²) < 4.78 is 0. The molecule has 0 bridgehead atoms. The lowest BCUT2D eigenvalue weighted by atomic mass is 9.88. The number of carbonyl (C=O) groups excluding carboxylic acids is 2. The maximum absolute atomic E-state index is 13.3. The number of aliphatic hydroxyl groups is 1. The second-order valence-corrected chi connectivity index (χ2v) is 7.56. The zero-order valence-corrected chi connectivity index (χ0v) is 16.3. The van der Waals surface area contributed by atoms with Crippen molar-refractivity contribution in [3.05, 3.63) is 94.5 Å². The number of amides is 1. The van der Waals surface area contributed by atoms with Gasteiger partial charge in [0, 0.05) is 21.8 Å². The number of Topliss-reactive ketones (excluding diaryl/α,β-unsaturated/α-hetero) is 1. The third kappa shape index (κ3) is 3.50. The van der Waals surface area contributed by atoms with Crippen LogP contribution in [0.25, 0.3) is 0 Å². The van der Waals surface area contributed by atoms with Gasteiger partial charge in [0.2, 0.25) is 0 Å². The third-order valence-corrected chi connectivity index (χ3v) is 5.34. The van der Waals surface area contributed by atoms with E-state index in [1.807, 2.05) is 30.3 Å². The van der Waals surface area contributed by atoms with E-state index in [0.29, 0.717) is 27.5 Å². The number of halogens is 1. The lowest BCUT2D eigenvalue weighted by molar-refractivity contribution is -0.136. The molecule has 0 fully saturated rings. The van der Waals surface area contributed by atoms with Gasteiger partial charge >= 0.3 is 0 Å². The molecule has 29 heavy (non-hydrogen) atoms. The zero-order chi connectivity index (χ0) is 20.6. The smallest absolute Gasteiger partial charge is 0.264 e. The second-order valence-electron chi connectivity index (χ2n) is 7.12. The molecule has 0 saturated carbocycles. The molecular formula is C23H19ClN2O3. The van der Waals surface area contributed by atoms with Gasteiger partial charge in [-0.05, 0) is 35.9 Å². The van der Waals surface area contributed by atoms with Crippen LogP contribution >= 0.6 is 11.6 Å². The monoisotopic (exact) mass is 406 g/mol. The molecule has 5 nitrogen and oxygen atoms in total. The Kier molecular flexibility index (Phi) is 4.86. The first-order valence-electron chi connectivity index (χ1n) is 9.15. The van der Waals surface area contributed by atoms with E-state index in [4.69, 9.17) is 17.3 Å². The number of fused-ring (bicyclic) bond motifs is 1. The highest BCUT2D eigenvalue weighted by atomic mass is 35.5. The van der Waals surface area contributed by atoms with Gasteiger partial charge in [0.05, 0.1) is 18.7 Å². The van der Waals surface area contributed by atoms with Crippen LogP contribution in [-0.4, -0.2) is 16.8 Å². The number of anilines is 2. The minimum atomic E-state index is -1.99. The fourth-order valence-corrected chi connectivity index (χ4v) is 3.84. The van der Waals surface area contributed by atoms with Gasteiger partial charge in [-0.25, -0.2) is 0 Å². The van der Waals surface area contributed by atoms with E-state index in [0.717, 1.165) is 5.56 Å². The van der Waals surface area contributed by atoms with Gasteiger partial charge < -0.3 is 15.7 Å². The van der Waals surface area contributed by atoms with Crippen molar-refractivity contribution < 1.29 is 14.7 Å². The molecule has 1 amide bonds. The van der Waals surface area contributed by atoms with E-state index in [9.17, 15) is 14.7 Å². The van der Waals surface area contributed by atoms with E-state index in [2.05, 4.69) is 0 Å². The Hall–Kier alpha value is -3.15. The molecule has 0 saturated heterocycles. The Bertz CT molecular complexity index is 1100. The Labute approximate surface area is 173 Å². The summed E-state index contributed by atoms with van der Waals surface area (Å²) in [4.78, 5) is 27.6. The van der Waals surface area contributed by atoms with Gasteiger partial charge in [-0.3, -0.25) is 9.59 Å². The molecule has 1 heterocycles. The summed E-state index contributed by atoms with van der Waals surface area (Å²) in [5.41, 5.74) is 6.35. The lowest BCUT2D eigenvalue weighted by Crippen LogP contribution is -2.41. The topological polar surface area (TPSA) is 83.6 Å². The summed E-state index contributed by atoms with van der Waals surface area (Å²) in [6.45, 7) is 0.281. The average Bonchev–Trinajstić information content (AvgIpc) is 2.90. The quantitative estimate of drug-likeness (QED) is 0.496. The first kappa shape index (κ1) is 19.2. The number of ketones is 1. The maximum Gasteiger partial charge on any atom is 0.264 e. The maximum atomic E-state index is 13.3. The first-order valence-corrected chi connectivity index (χ1v) is 9.53. The summed E-state index contributed by atoms with van der Waals surface area (Å²) in [5, 5.41) is 11.8. The Morgan fingerprint density at radius 1 is 1.03 bits per heavy atom. The van der Waals surface area contributed by atoms with Crippen molar-refractivity contribution >= 4 is 34.7 Å². The summed E-state index contributed by atoms with van der Waals surface area (Å²) >= 11 is 6.14. The Balaban J connectivity index is 1.72. The van der Waals surface area contributed by atoms with Crippen molar-refractivity contribution in [3.63, 3.8) is 0 Å². The zero-order valence-electron chi connectivity index (χ0n) is 15.5. The van der Waals surface area contributed by atoms with Gasteiger partial charge in [0.15, 0.2) is 11.4 Å². The minimum Gasteiger partial charge on any atom is -0.399 e. The summed E-state index contributed by atoms with van der Waals surface area (Å²) in [6, 6.07) is 20.8. The first-order chi connectivity index (χ1) is 13.9. The molecule has 1 aliphatic rings. The standard InChI is InChI=1S/C23H19ClN2O3/c24-17-9-10-20-19(12-17)23(29,13-21(27)16-7-4-8-18(25)11-16)22(28)26(20)14-15-5-2-1-3-6-15/h1-12,29H,13-14,25H2/t23-/m0/s1. The highest BCUT2D eigenvalue weighted by Crippen LogP contribution is 2.44. The number of nitrogen functional groups attached to an aromatic ring is 1. The highest BCUT2D eigenvalue weighted by Gasteiger charge is 2.51. The molecule has 1 aliphatic heterocycles. The molecular weight excluding hydrogens is 388 g/mol. The molecule has 0 aromatic heterocycles. The molecule has 3 N–H and O–H groups in total.